The highest BCUT2D eigenvalue weighted by molar-refractivity contribution is 5.81. The van der Waals surface area contributed by atoms with Crippen LogP contribution >= 0.6 is 0 Å². The number of unbranched alkanes of at least 4 members (excludes halogenated alkanes) is 12. The summed E-state index contributed by atoms with van der Waals surface area (Å²) in [6, 6.07) is 9.69. The molecular weight excluding hydrogens is 320 g/mol. The molecule has 0 N–H and O–H groups in total. The summed E-state index contributed by atoms with van der Waals surface area (Å²) in [4.78, 5) is 12.0. The summed E-state index contributed by atoms with van der Waals surface area (Å²) < 4.78 is 5.44. The molecule has 1 heterocycles. The van der Waals surface area contributed by atoms with E-state index < -0.39 is 0 Å². The summed E-state index contributed by atoms with van der Waals surface area (Å²) in [5, 5.41) is 1.68. The van der Waals surface area contributed by atoms with Gasteiger partial charge in [-0.3, -0.25) is 0 Å². The molecule has 0 unspecified atom stereocenters. The molecule has 0 radical (unpaired) electrons. The van der Waals surface area contributed by atoms with Gasteiger partial charge < -0.3 is 4.42 Å². The third kappa shape index (κ3) is 7.76. The zero-order valence-electron chi connectivity index (χ0n) is 16.6. The van der Waals surface area contributed by atoms with E-state index in [1.807, 2.05) is 30.3 Å². The maximum atomic E-state index is 12.0. The fourth-order valence-corrected chi connectivity index (χ4v) is 3.63. The molecule has 1 aromatic carbocycles. The Balaban J connectivity index is 1.49. The van der Waals surface area contributed by atoms with Crippen LogP contribution in [0.25, 0.3) is 10.8 Å². The van der Waals surface area contributed by atoms with Crippen LogP contribution in [0.3, 0.4) is 0 Å². The number of benzene rings is 1. The highest BCUT2D eigenvalue weighted by atomic mass is 16.4. The van der Waals surface area contributed by atoms with Crippen molar-refractivity contribution >= 4 is 10.8 Å². The highest BCUT2D eigenvalue weighted by Gasteiger charge is 2.03. The minimum Gasteiger partial charge on any atom is -0.427 e. The molecule has 2 aromatic rings. The Morgan fingerprint density at radius 2 is 1.27 bits per heavy atom. The average molecular weight is 357 g/mol. The topological polar surface area (TPSA) is 30.2 Å². The van der Waals surface area contributed by atoms with Crippen molar-refractivity contribution in [1.82, 2.24) is 0 Å². The first-order valence-corrected chi connectivity index (χ1v) is 10.8. The lowest BCUT2D eigenvalue weighted by Crippen LogP contribution is -2.02. The van der Waals surface area contributed by atoms with E-state index in [1.54, 1.807) is 0 Å². The predicted molar refractivity (Wildman–Crippen MR) is 112 cm³/mol. The van der Waals surface area contributed by atoms with Gasteiger partial charge in [-0.2, -0.15) is 0 Å². The fraction of sp³-hybridized carbons (Fsp3) is 0.625. The second-order valence-corrected chi connectivity index (χ2v) is 7.58. The number of hydrogen-bond donors (Lipinski definition) is 0. The predicted octanol–water partition coefficient (Wildman–Crippen LogP) is 7.43. The van der Waals surface area contributed by atoms with Gasteiger partial charge in [0.15, 0.2) is 0 Å². The molecule has 0 aliphatic rings. The number of rotatable bonds is 14. The molecule has 2 rings (SSSR count). The lowest BCUT2D eigenvalue weighted by Gasteiger charge is -2.04. The van der Waals surface area contributed by atoms with Crippen LogP contribution in [0.5, 0.6) is 0 Å². The normalized spacial score (nSPS) is 11.3. The molecule has 1 aromatic heterocycles. The molecule has 26 heavy (non-hydrogen) atoms. The SMILES string of the molecule is CCCCCCCCCCCCCCCc1cc2ccccc2c(=O)o1. The summed E-state index contributed by atoms with van der Waals surface area (Å²) in [6.07, 6.45) is 18.5. The summed E-state index contributed by atoms with van der Waals surface area (Å²) in [5.74, 6) is 0.830. The third-order valence-electron chi connectivity index (χ3n) is 5.25. The van der Waals surface area contributed by atoms with E-state index in [0.717, 1.165) is 24.0 Å². The van der Waals surface area contributed by atoms with Gasteiger partial charge in [0, 0.05) is 6.42 Å². The quantitative estimate of drug-likeness (QED) is 0.329. The average Bonchev–Trinajstić information content (AvgIpc) is 2.65. The number of hydrogen-bond acceptors (Lipinski definition) is 2. The van der Waals surface area contributed by atoms with Gasteiger partial charge in [-0.15, -0.1) is 0 Å². The third-order valence-corrected chi connectivity index (χ3v) is 5.25. The Kier molecular flexibility index (Phi) is 10.2. The molecule has 0 amide bonds. The van der Waals surface area contributed by atoms with E-state index in [9.17, 15) is 4.79 Å². The summed E-state index contributed by atoms with van der Waals surface area (Å²) in [6.45, 7) is 2.28. The van der Waals surface area contributed by atoms with E-state index in [0.29, 0.717) is 5.39 Å². The zero-order chi connectivity index (χ0) is 18.5. The maximum absolute atomic E-state index is 12.0. The molecule has 0 bridgehead atoms. The van der Waals surface area contributed by atoms with Gasteiger partial charge in [-0.05, 0) is 23.9 Å². The lowest BCUT2D eigenvalue weighted by atomic mass is 10.0. The lowest BCUT2D eigenvalue weighted by molar-refractivity contribution is 0.454. The van der Waals surface area contributed by atoms with Gasteiger partial charge in [0.05, 0.1) is 5.39 Å². The Morgan fingerprint density at radius 1 is 0.731 bits per heavy atom. The van der Waals surface area contributed by atoms with Crippen molar-refractivity contribution in [3.8, 4) is 0 Å². The Bertz CT molecular complexity index is 671. The van der Waals surface area contributed by atoms with Crippen LogP contribution in [-0.2, 0) is 6.42 Å². The summed E-state index contributed by atoms with van der Waals surface area (Å²) in [7, 11) is 0. The highest BCUT2D eigenvalue weighted by Crippen LogP contribution is 2.15. The van der Waals surface area contributed by atoms with Crippen LogP contribution in [0.4, 0.5) is 0 Å². The molecular formula is C24H36O2. The monoisotopic (exact) mass is 356 g/mol. The van der Waals surface area contributed by atoms with Crippen LogP contribution in [-0.4, -0.2) is 0 Å². The van der Waals surface area contributed by atoms with Crippen molar-refractivity contribution in [2.45, 2.75) is 96.8 Å². The van der Waals surface area contributed by atoms with Gasteiger partial charge in [0.2, 0.25) is 0 Å². The molecule has 0 saturated heterocycles. The van der Waals surface area contributed by atoms with E-state index in [1.165, 1.54) is 77.0 Å². The van der Waals surface area contributed by atoms with E-state index in [4.69, 9.17) is 4.42 Å². The van der Waals surface area contributed by atoms with Gasteiger partial charge in [-0.1, -0.05) is 102 Å². The molecule has 2 heteroatoms. The molecule has 0 spiro atoms. The largest absolute Gasteiger partial charge is 0.427 e. The van der Waals surface area contributed by atoms with Crippen LogP contribution < -0.4 is 5.63 Å². The molecule has 0 saturated carbocycles. The zero-order valence-corrected chi connectivity index (χ0v) is 16.6. The van der Waals surface area contributed by atoms with Crippen LogP contribution in [0.2, 0.25) is 0 Å². The first kappa shape index (κ1) is 20.7. The smallest absolute Gasteiger partial charge is 0.343 e. The van der Waals surface area contributed by atoms with Crippen molar-refractivity contribution in [2.24, 2.45) is 0 Å². The standard InChI is InChI=1S/C24H36O2/c1-2-3-4-5-6-7-8-9-10-11-12-13-14-18-22-20-21-17-15-16-19-23(21)24(25)26-22/h15-17,19-20H,2-14,18H2,1H3. The second-order valence-electron chi connectivity index (χ2n) is 7.58. The first-order valence-electron chi connectivity index (χ1n) is 10.8. The first-order chi connectivity index (χ1) is 12.8. The van der Waals surface area contributed by atoms with Crippen molar-refractivity contribution < 1.29 is 4.42 Å². The Labute approximate surface area is 159 Å². The molecule has 2 nitrogen and oxygen atoms in total. The van der Waals surface area contributed by atoms with Crippen LogP contribution in [0.15, 0.2) is 39.5 Å². The van der Waals surface area contributed by atoms with E-state index >= 15 is 0 Å². The fourth-order valence-electron chi connectivity index (χ4n) is 3.63. The van der Waals surface area contributed by atoms with E-state index in [2.05, 4.69) is 6.92 Å². The summed E-state index contributed by atoms with van der Waals surface area (Å²) >= 11 is 0. The van der Waals surface area contributed by atoms with Gasteiger partial charge in [-0.25, -0.2) is 4.79 Å². The molecule has 0 atom stereocenters. The maximum Gasteiger partial charge on any atom is 0.343 e. The second kappa shape index (κ2) is 12.7. The number of fused-ring (bicyclic) bond motifs is 1. The van der Waals surface area contributed by atoms with Gasteiger partial charge in [0.1, 0.15) is 5.76 Å². The summed E-state index contributed by atoms with van der Waals surface area (Å²) in [5.41, 5.74) is -0.201. The minimum atomic E-state index is -0.201. The van der Waals surface area contributed by atoms with Crippen LogP contribution in [0, 0.1) is 0 Å². The van der Waals surface area contributed by atoms with Crippen molar-refractivity contribution in [3.63, 3.8) is 0 Å². The van der Waals surface area contributed by atoms with Gasteiger partial charge in [0.25, 0.3) is 0 Å². The van der Waals surface area contributed by atoms with Crippen molar-refractivity contribution in [1.29, 1.82) is 0 Å². The molecule has 0 fully saturated rings. The van der Waals surface area contributed by atoms with Crippen molar-refractivity contribution in [2.75, 3.05) is 0 Å². The van der Waals surface area contributed by atoms with Gasteiger partial charge >= 0.3 is 5.63 Å². The molecule has 0 aliphatic carbocycles. The molecule has 144 valence electrons. The van der Waals surface area contributed by atoms with E-state index in [-0.39, 0.29) is 5.63 Å². The number of aryl methyl sites for hydroxylation is 1. The Hall–Kier alpha value is -1.57. The molecule has 0 aliphatic heterocycles. The van der Waals surface area contributed by atoms with Crippen LogP contribution in [0.1, 0.15) is 96.2 Å². The van der Waals surface area contributed by atoms with Crippen molar-refractivity contribution in [3.05, 3.63) is 46.5 Å². The minimum absolute atomic E-state index is 0.201. The Morgan fingerprint density at radius 3 is 1.88 bits per heavy atom.